The zero-order valence-corrected chi connectivity index (χ0v) is 12.7. The smallest absolute Gasteiger partial charge is 0.323 e. The molecule has 1 fully saturated rings. The second-order valence-corrected chi connectivity index (χ2v) is 5.39. The van der Waals surface area contributed by atoms with E-state index < -0.39 is 0 Å². The van der Waals surface area contributed by atoms with Gasteiger partial charge in [-0.2, -0.15) is 15.0 Å². The topological polar surface area (TPSA) is 63.2 Å². The summed E-state index contributed by atoms with van der Waals surface area (Å²) in [6.45, 7) is 7.05. The van der Waals surface area contributed by atoms with E-state index in [0.717, 1.165) is 25.5 Å². The maximum Gasteiger partial charge on any atom is 0.323 e. The summed E-state index contributed by atoms with van der Waals surface area (Å²) in [4.78, 5) is 15.3. The van der Waals surface area contributed by atoms with Crippen LogP contribution in [-0.2, 0) is 0 Å². The monoisotopic (exact) mass is 279 g/mol. The van der Waals surface area contributed by atoms with E-state index in [1.165, 1.54) is 19.3 Å². The van der Waals surface area contributed by atoms with Crippen molar-refractivity contribution in [2.24, 2.45) is 5.92 Å². The van der Waals surface area contributed by atoms with Crippen molar-refractivity contribution in [2.75, 3.05) is 37.0 Å². The van der Waals surface area contributed by atoms with Crippen molar-refractivity contribution in [3.8, 4) is 6.01 Å². The van der Waals surface area contributed by atoms with Crippen LogP contribution in [0.5, 0.6) is 6.01 Å². The minimum absolute atomic E-state index is 0.425. The first-order valence-electron chi connectivity index (χ1n) is 7.54. The Hall–Kier alpha value is -1.59. The lowest BCUT2D eigenvalue weighted by Gasteiger charge is -2.17. The number of aromatic nitrogens is 3. The van der Waals surface area contributed by atoms with Gasteiger partial charge in [-0.15, -0.1) is 0 Å². The zero-order valence-electron chi connectivity index (χ0n) is 12.7. The van der Waals surface area contributed by atoms with Gasteiger partial charge in [-0.05, 0) is 25.2 Å². The molecule has 1 unspecified atom stereocenters. The summed E-state index contributed by atoms with van der Waals surface area (Å²) in [5, 5.41) is 2.98. The maximum atomic E-state index is 5.73. The first-order chi connectivity index (χ1) is 9.72. The molecular weight excluding hydrogens is 254 g/mol. The summed E-state index contributed by atoms with van der Waals surface area (Å²) in [6, 6.07) is 0.425. The van der Waals surface area contributed by atoms with Gasteiger partial charge in [-0.1, -0.05) is 20.3 Å². The van der Waals surface area contributed by atoms with Gasteiger partial charge in [0.2, 0.25) is 11.9 Å². The minimum atomic E-state index is 0.425. The first kappa shape index (κ1) is 14.8. The van der Waals surface area contributed by atoms with Crippen LogP contribution in [0.2, 0.25) is 0 Å². The average Bonchev–Trinajstić information content (AvgIpc) is 2.99. The van der Waals surface area contributed by atoms with Crippen LogP contribution in [0.3, 0.4) is 0 Å². The highest BCUT2D eigenvalue weighted by molar-refractivity contribution is 5.38. The standard InChI is InChI=1S/C14H25N5O/c1-4-7-11(2)10-20-14-17-12(15-3)16-13(18-14)19-8-5-6-9-19/h11H,4-10H2,1-3H3,(H,15,16,17,18). The van der Waals surface area contributed by atoms with Crippen LogP contribution < -0.4 is 15.0 Å². The number of nitrogens with one attached hydrogen (secondary N) is 1. The van der Waals surface area contributed by atoms with Crippen molar-refractivity contribution in [2.45, 2.75) is 39.5 Å². The van der Waals surface area contributed by atoms with E-state index in [1.807, 2.05) is 7.05 Å². The summed E-state index contributed by atoms with van der Waals surface area (Å²) in [6.07, 6.45) is 4.72. The third kappa shape index (κ3) is 3.95. The van der Waals surface area contributed by atoms with Gasteiger partial charge in [0.25, 0.3) is 0 Å². The maximum absolute atomic E-state index is 5.73. The van der Waals surface area contributed by atoms with E-state index in [9.17, 15) is 0 Å². The molecule has 2 heterocycles. The molecule has 112 valence electrons. The number of rotatable bonds is 7. The second-order valence-electron chi connectivity index (χ2n) is 5.39. The van der Waals surface area contributed by atoms with E-state index in [-0.39, 0.29) is 0 Å². The van der Waals surface area contributed by atoms with Gasteiger partial charge in [-0.3, -0.25) is 0 Å². The number of anilines is 2. The fourth-order valence-electron chi connectivity index (χ4n) is 2.37. The third-order valence-electron chi connectivity index (χ3n) is 3.49. The highest BCUT2D eigenvalue weighted by atomic mass is 16.5. The molecule has 1 aliphatic rings. The van der Waals surface area contributed by atoms with E-state index in [4.69, 9.17) is 4.74 Å². The number of hydrogen-bond donors (Lipinski definition) is 1. The largest absolute Gasteiger partial charge is 0.463 e. The van der Waals surface area contributed by atoms with E-state index in [1.54, 1.807) is 0 Å². The van der Waals surface area contributed by atoms with E-state index in [2.05, 4.69) is 39.0 Å². The van der Waals surface area contributed by atoms with Crippen molar-refractivity contribution in [3.05, 3.63) is 0 Å². The fraction of sp³-hybridized carbons (Fsp3) is 0.786. The molecular formula is C14H25N5O. The Bertz CT molecular complexity index is 420. The van der Waals surface area contributed by atoms with Crippen LogP contribution in [0.25, 0.3) is 0 Å². The average molecular weight is 279 g/mol. The minimum Gasteiger partial charge on any atom is -0.463 e. The van der Waals surface area contributed by atoms with Gasteiger partial charge in [0.05, 0.1) is 6.61 Å². The Morgan fingerprint density at radius 2 is 2.00 bits per heavy atom. The fourth-order valence-corrected chi connectivity index (χ4v) is 2.37. The van der Waals surface area contributed by atoms with Crippen molar-refractivity contribution >= 4 is 11.9 Å². The zero-order chi connectivity index (χ0) is 14.4. The van der Waals surface area contributed by atoms with Crippen molar-refractivity contribution in [1.82, 2.24) is 15.0 Å². The third-order valence-corrected chi connectivity index (χ3v) is 3.49. The Balaban J connectivity index is 2.05. The van der Waals surface area contributed by atoms with Crippen LogP contribution in [0.4, 0.5) is 11.9 Å². The molecule has 1 saturated heterocycles. The van der Waals surface area contributed by atoms with Crippen LogP contribution in [-0.4, -0.2) is 41.7 Å². The van der Waals surface area contributed by atoms with Gasteiger partial charge in [0, 0.05) is 20.1 Å². The molecule has 6 heteroatoms. The Morgan fingerprint density at radius 3 is 2.65 bits per heavy atom. The molecule has 0 spiro atoms. The van der Waals surface area contributed by atoms with Gasteiger partial charge < -0.3 is 15.0 Å². The lowest BCUT2D eigenvalue weighted by atomic mass is 10.1. The molecule has 1 aromatic heterocycles. The quantitative estimate of drug-likeness (QED) is 0.826. The Labute approximate surface area is 121 Å². The Morgan fingerprint density at radius 1 is 1.25 bits per heavy atom. The van der Waals surface area contributed by atoms with Gasteiger partial charge >= 0.3 is 6.01 Å². The van der Waals surface area contributed by atoms with Crippen LogP contribution >= 0.6 is 0 Å². The molecule has 1 aliphatic heterocycles. The Kier molecular flexibility index (Phi) is 5.38. The second kappa shape index (κ2) is 7.26. The summed E-state index contributed by atoms with van der Waals surface area (Å²) in [7, 11) is 1.81. The molecule has 20 heavy (non-hydrogen) atoms. The van der Waals surface area contributed by atoms with Gasteiger partial charge in [0.15, 0.2) is 0 Å². The molecule has 0 saturated carbocycles. The SMILES string of the molecule is CCCC(C)COc1nc(NC)nc(N2CCCC2)n1. The predicted octanol–water partition coefficient (Wildman–Crippen LogP) is 2.33. The lowest BCUT2D eigenvalue weighted by Crippen LogP contribution is -2.22. The molecule has 6 nitrogen and oxygen atoms in total. The summed E-state index contributed by atoms with van der Waals surface area (Å²) < 4.78 is 5.73. The highest BCUT2D eigenvalue weighted by Gasteiger charge is 2.17. The molecule has 0 amide bonds. The highest BCUT2D eigenvalue weighted by Crippen LogP contribution is 2.19. The molecule has 0 aliphatic carbocycles. The molecule has 1 N–H and O–H groups in total. The number of hydrogen-bond acceptors (Lipinski definition) is 6. The van der Waals surface area contributed by atoms with Crippen LogP contribution in [0.15, 0.2) is 0 Å². The van der Waals surface area contributed by atoms with Gasteiger partial charge in [0.1, 0.15) is 0 Å². The lowest BCUT2D eigenvalue weighted by molar-refractivity contribution is 0.233. The van der Waals surface area contributed by atoms with E-state index in [0.29, 0.717) is 24.5 Å². The molecule has 1 aromatic rings. The van der Waals surface area contributed by atoms with Crippen molar-refractivity contribution < 1.29 is 4.74 Å². The molecule has 0 radical (unpaired) electrons. The van der Waals surface area contributed by atoms with Crippen molar-refractivity contribution in [1.29, 1.82) is 0 Å². The molecule has 0 aromatic carbocycles. The molecule has 0 bridgehead atoms. The van der Waals surface area contributed by atoms with Crippen LogP contribution in [0, 0.1) is 5.92 Å². The van der Waals surface area contributed by atoms with Crippen molar-refractivity contribution in [3.63, 3.8) is 0 Å². The summed E-state index contributed by atoms with van der Waals surface area (Å²) in [5.74, 6) is 1.81. The normalized spacial score (nSPS) is 16.2. The molecule has 2 rings (SSSR count). The number of ether oxygens (including phenoxy) is 1. The first-order valence-corrected chi connectivity index (χ1v) is 7.54. The predicted molar refractivity (Wildman–Crippen MR) is 80.4 cm³/mol. The summed E-state index contributed by atoms with van der Waals surface area (Å²) >= 11 is 0. The van der Waals surface area contributed by atoms with Gasteiger partial charge in [-0.25, -0.2) is 0 Å². The molecule has 1 atom stereocenters. The summed E-state index contributed by atoms with van der Waals surface area (Å²) in [5.41, 5.74) is 0. The number of nitrogens with zero attached hydrogens (tertiary/aromatic N) is 4. The van der Waals surface area contributed by atoms with E-state index >= 15 is 0 Å². The van der Waals surface area contributed by atoms with Crippen LogP contribution in [0.1, 0.15) is 39.5 Å².